The Balaban J connectivity index is 2.15. The molecular formula is C12H15N5O2. The van der Waals surface area contributed by atoms with Gasteiger partial charge in [0.2, 0.25) is 0 Å². The van der Waals surface area contributed by atoms with Gasteiger partial charge in [0, 0.05) is 18.7 Å². The standard InChI is InChI=1S/C12H15N5O2/c1-2-3-8-17-11(18)5-4-9(16-17)12(19)14-10-6-7-13-15-10/h4-7H,2-3,8H2,1H3,(H2,13,14,15,19). The molecule has 2 N–H and O–H groups in total. The predicted molar refractivity (Wildman–Crippen MR) is 69.9 cm³/mol. The van der Waals surface area contributed by atoms with Crippen LogP contribution in [0.2, 0.25) is 0 Å². The van der Waals surface area contributed by atoms with Gasteiger partial charge in [0.25, 0.3) is 11.5 Å². The second-order valence-corrected chi connectivity index (χ2v) is 4.06. The van der Waals surface area contributed by atoms with Crippen LogP contribution < -0.4 is 10.9 Å². The van der Waals surface area contributed by atoms with Gasteiger partial charge in [-0.3, -0.25) is 14.7 Å². The van der Waals surface area contributed by atoms with Gasteiger partial charge in [-0.05, 0) is 12.5 Å². The van der Waals surface area contributed by atoms with Gasteiger partial charge in [0.05, 0.1) is 6.20 Å². The number of unbranched alkanes of at least 4 members (excludes halogenated alkanes) is 1. The summed E-state index contributed by atoms with van der Waals surface area (Å²) in [7, 11) is 0. The van der Waals surface area contributed by atoms with Crippen molar-refractivity contribution in [2.24, 2.45) is 0 Å². The number of H-pyrrole nitrogens is 1. The molecule has 0 aromatic carbocycles. The summed E-state index contributed by atoms with van der Waals surface area (Å²) in [5.74, 6) is 0.104. The smallest absolute Gasteiger partial charge is 0.277 e. The van der Waals surface area contributed by atoms with E-state index in [0.717, 1.165) is 12.8 Å². The van der Waals surface area contributed by atoms with E-state index in [9.17, 15) is 9.59 Å². The molecule has 0 bridgehead atoms. The Kier molecular flexibility index (Phi) is 4.07. The minimum atomic E-state index is -0.380. The lowest BCUT2D eigenvalue weighted by atomic mass is 10.3. The summed E-state index contributed by atoms with van der Waals surface area (Å²) in [5.41, 5.74) is -0.00292. The number of hydrogen-bond donors (Lipinski definition) is 2. The summed E-state index contributed by atoms with van der Waals surface area (Å²) < 4.78 is 1.31. The second kappa shape index (κ2) is 5.94. The number of hydrogen-bond acceptors (Lipinski definition) is 4. The summed E-state index contributed by atoms with van der Waals surface area (Å²) in [6.45, 7) is 2.54. The van der Waals surface area contributed by atoms with Crippen LogP contribution in [0.1, 0.15) is 30.3 Å². The number of aromatic amines is 1. The first-order valence-corrected chi connectivity index (χ1v) is 6.09. The van der Waals surface area contributed by atoms with Gasteiger partial charge >= 0.3 is 0 Å². The lowest BCUT2D eigenvalue weighted by Crippen LogP contribution is -2.26. The highest BCUT2D eigenvalue weighted by Gasteiger charge is 2.10. The van der Waals surface area contributed by atoms with Crippen LogP contribution in [0, 0.1) is 0 Å². The fraction of sp³-hybridized carbons (Fsp3) is 0.333. The molecule has 0 atom stereocenters. The summed E-state index contributed by atoms with van der Waals surface area (Å²) in [4.78, 5) is 23.5. The fourth-order valence-electron chi connectivity index (χ4n) is 1.55. The Labute approximate surface area is 109 Å². The summed E-state index contributed by atoms with van der Waals surface area (Å²) >= 11 is 0. The Morgan fingerprint density at radius 1 is 1.42 bits per heavy atom. The number of anilines is 1. The van der Waals surface area contributed by atoms with Crippen molar-refractivity contribution in [3.05, 3.63) is 40.4 Å². The molecule has 2 aromatic rings. The monoisotopic (exact) mass is 261 g/mol. The lowest BCUT2D eigenvalue weighted by molar-refractivity contribution is 0.101. The van der Waals surface area contributed by atoms with Crippen LogP contribution in [0.5, 0.6) is 0 Å². The molecule has 0 radical (unpaired) electrons. The molecule has 0 unspecified atom stereocenters. The lowest BCUT2D eigenvalue weighted by Gasteiger charge is -2.06. The molecule has 7 heteroatoms. The van der Waals surface area contributed by atoms with Gasteiger partial charge in [-0.25, -0.2) is 4.68 Å². The van der Waals surface area contributed by atoms with Crippen LogP contribution >= 0.6 is 0 Å². The number of carbonyl (C=O) groups excluding carboxylic acids is 1. The first-order chi connectivity index (χ1) is 9.20. The van der Waals surface area contributed by atoms with Crippen LogP contribution in [0.3, 0.4) is 0 Å². The molecule has 7 nitrogen and oxygen atoms in total. The Morgan fingerprint density at radius 2 is 2.26 bits per heavy atom. The van der Waals surface area contributed by atoms with Crippen molar-refractivity contribution in [1.29, 1.82) is 0 Å². The topological polar surface area (TPSA) is 92.7 Å². The average molecular weight is 261 g/mol. The predicted octanol–water partition coefficient (Wildman–Crippen LogP) is 1.02. The highest BCUT2D eigenvalue weighted by Crippen LogP contribution is 2.02. The number of aromatic nitrogens is 4. The van der Waals surface area contributed by atoms with Crippen molar-refractivity contribution in [1.82, 2.24) is 20.0 Å². The van der Waals surface area contributed by atoms with Gasteiger partial charge in [-0.2, -0.15) is 10.2 Å². The third kappa shape index (κ3) is 3.27. The van der Waals surface area contributed by atoms with E-state index in [1.54, 1.807) is 6.07 Å². The molecule has 19 heavy (non-hydrogen) atoms. The molecule has 0 saturated heterocycles. The molecule has 0 aliphatic carbocycles. The highest BCUT2D eigenvalue weighted by atomic mass is 16.2. The van der Waals surface area contributed by atoms with E-state index in [1.807, 2.05) is 6.92 Å². The zero-order valence-electron chi connectivity index (χ0n) is 10.6. The molecule has 0 fully saturated rings. The van der Waals surface area contributed by atoms with Crippen LogP contribution in [0.15, 0.2) is 29.2 Å². The van der Waals surface area contributed by atoms with E-state index in [0.29, 0.717) is 12.4 Å². The quantitative estimate of drug-likeness (QED) is 0.840. The van der Waals surface area contributed by atoms with Gasteiger partial charge in [-0.1, -0.05) is 13.3 Å². The van der Waals surface area contributed by atoms with E-state index in [1.165, 1.54) is 23.0 Å². The van der Waals surface area contributed by atoms with Crippen molar-refractivity contribution in [3.63, 3.8) is 0 Å². The molecule has 2 aromatic heterocycles. The average Bonchev–Trinajstić information content (AvgIpc) is 2.90. The number of amides is 1. The Morgan fingerprint density at radius 3 is 2.95 bits per heavy atom. The first kappa shape index (κ1) is 13.0. The number of rotatable bonds is 5. The molecule has 0 aliphatic heterocycles. The van der Waals surface area contributed by atoms with Gasteiger partial charge in [0.15, 0.2) is 0 Å². The van der Waals surface area contributed by atoms with E-state index < -0.39 is 0 Å². The molecule has 1 amide bonds. The zero-order chi connectivity index (χ0) is 13.7. The molecule has 0 spiro atoms. The van der Waals surface area contributed by atoms with Crippen LogP contribution in [0.25, 0.3) is 0 Å². The minimum Gasteiger partial charge on any atom is -0.306 e. The zero-order valence-corrected chi connectivity index (χ0v) is 10.6. The van der Waals surface area contributed by atoms with Crippen molar-refractivity contribution in [2.75, 3.05) is 5.32 Å². The summed E-state index contributed by atoms with van der Waals surface area (Å²) in [6, 6.07) is 4.39. The number of carbonyl (C=O) groups is 1. The van der Waals surface area contributed by atoms with Crippen LogP contribution in [-0.2, 0) is 6.54 Å². The van der Waals surface area contributed by atoms with E-state index in [2.05, 4.69) is 20.6 Å². The molecule has 2 rings (SSSR count). The maximum atomic E-state index is 11.9. The van der Waals surface area contributed by atoms with Gasteiger partial charge < -0.3 is 5.32 Å². The van der Waals surface area contributed by atoms with Crippen LogP contribution in [-0.4, -0.2) is 25.9 Å². The second-order valence-electron chi connectivity index (χ2n) is 4.06. The number of nitrogens with one attached hydrogen (secondary N) is 2. The SMILES string of the molecule is CCCCn1nc(C(=O)Nc2ccn[nH]2)ccc1=O. The third-order valence-corrected chi connectivity index (χ3v) is 2.57. The van der Waals surface area contributed by atoms with E-state index >= 15 is 0 Å². The largest absolute Gasteiger partial charge is 0.306 e. The molecule has 0 aliphatic rings. The number of aryl methyl sites for hydroxylation is 1. The highest BCUT2D eigenvalue weighted by molar-refractivity contribution is 6.02. The van der Waals surface area contributed by atoms with Crippen molar-refractivity contribution in [3.8, 4) is 0 Å². The first-order valence-electron chi connectivity index (χ1n) is 6.09. The third-order valence-electron chi connectivity index (χ3n) is 2.57. The summed E-state index contributed by atoms with van der Waals surface area (Å²) in [6.07, 6.45) is 3.34. The van der Waals surface area contributed by atoms with Crippen molar-refractivity contribution in [2.45, 2.75) is 26.3 Å². The maximum Gasteiger partial charge on any atom is 0.277 e. The molecule has 2 heterocycles. The minimum absolute atomic E-state index is 0.199. The van der Waals surface area contributed by atoms with E-state index in [4.69, 9.17) is 0 Å². The normalized spacial score (nSPS) is 10.4. The van der Waals surface area contributed by atoms with Gasteiger partial charge in [-0.15, -0.1) is 0 Å². The molecular weight excluding hydrogens is 246 g/mol. The van der Waals surface area contributed by atoms with Crippen molar-refractivity contribution >= 4 is 11.7 Å². The summed E-state index contributed by atoms with van der Waals surface area (Å²) in [5, 5.41) is 13.0. The Bertz CT molecular complexity index is 603. The van der Waals surface area contributed by atoms with Crippen molar-refractivity contribution < 1.29 is 4.79 Å². The molecule has 0 saturated carbocycles. The van der Waals surface area contributed by atoms with E-state index in [-0.39, 0.29) is 17.2 Å². The molecule has 100 valence electrons. The Hall–Kier alpha value is -2.44. The van der Waals surface area contributed by atoms with Gasteiger partial charge in [0.1, 0.15) is 11.5 Å². The maximum absolute atomic E-state index is 11.9. The number of nitrogens with zero attached hydrogens (tertiary/aromatic N) is 3. The fourth-order valence-corrected chi connectivity index (χ4v) is 1.55. The van der Waals surface area contributed by atoms with Crippen LogP contribution in [0.4, 0.5) is 5.82 Å².